The van der Waals surface area contributed by atoms with Crippen LogP contribution < -0.4 is 19.7 Å². The lowest BCUT2D eigenvalue weighted by Crippen LogP contribution is -2.43. The highest BCUT2D eigenvalue weighted by molar-refractivity contribution is 5.62. The summed E-state index contributed by atoms with van der Waals surface area (Å²) in [6.07, 6.45) is 0. The molecule has 0 bridgehead atoms. The lowest BCUT2D eigenvalue weighted by Gasteiger charge is -2.31. The Labute approximate surface area is 166 Å². The van der Waals surface area contributed by atoms with E-state index in [1.807, 2.05) is 48.5 Å². The van der Waals surface area contributed by atoms with Crippen LogP contribution in [0.5, 0.6) is 11.5 Å². The first kappa shape index (κ1) is 18.4. The summed E-state index contributed by atoms with van der Waals surface area (Å²) in [7, 11) is 0. The Morgan fingerprint density at radius 3 is 1.96 bits per heavy atom. The molecule has 4 heteroatoms. The van der Waals surface area contributed by atoms with Gasteiger partial charge >= 0.3 is 0 Å². The third-order valence-corrected chi connectivity index (χ3v) is 4.87. The van der Waals surface area contributed by atoms with Crippen LogP contribution in [0.2, 0.25) is 0 Å². The summed E-state index contributed by atoms with van der Waals surface area (Å²) >= 11 is 0. The molecule has 1 aliphatic rings. The van der Waals surface area contributed by atoms with Gasteiger partial charge in [-0.2, -0.15) is 0 Å². The Bertz CT molecular complexity index is 862. The van der Waals surface area contributed by atoms with Crippen molar-refractivity contribution in [2.45, 2.75) is 13.2 Å². The minimum Gasteiger partial charge on any atom is -0.489 e. The van der Waals surface area contributed by atoms with Gasteiger partial charge in [-0.05, 0) is 23.3 Å². The Morgan fingerprint density at radius 2 is 1.32 bits per heavy atom. The second kappa shape index (κ2) is 9.29. The first-order valence-electron chi connectivity index (χ1n) is 9.82. The Balaban J connectivity index is 1.51. The smallest absolute Gasteiger partial charge is 0.143 e. The lowest BCUT2D eigenvalue weighted by molar-refractivity contribution is 0.297. The summed E-state index contributed by atoms with van der Waals surface area (Å²) in [5, 5.41) is 3.41. The molecule has 1 N–H and O–H groups in total. The van der Waals surface area contributed by atoms with E-state index in [1.165, 1.54) is 0 Å². The third kappa shape index (κ3) is 4.84. The molecule has 1 heterocycles. The van der Waals surface area contributed by atoms with Gasteiger partial charge in [-0.15, -0.1) is 0 Å². The number of nitrogens with one attached hydrogen (secondary N) is 1. The van der Waals surface area contributed by atoms with Crippen LogP contribution in [0.1, 0.15) is 11.1 Å². The van der Waals surface area contributed by atoms with Gasteiger partial charge in [0.25, 0.3) is 0 Å². The van der Waals surface area contributed by atoms with E-state index in [-0.39, 0.29) is 0 Å². The molecule has 0 atom stereocenters. The SMILES string of the molecule is c1ccc(COc2ccc(OCc3ccccc3)c(N3CCNCC3)c2)cc1. The summed E-state index contributed by atoms with van der Waals surface area (Å²) in [5.74, 6) is 1.77. The largest absolute Gasteiger partial charge is 0.489 e. The molecular weight excluding hydrogens is 348 g/mol. The van der Waals surface area contributed by atoms with Crippen molar-refractivity contribution in [2.24, 2.45) is 0 Å². The van der Waals surface area contributed by atoms with Crippen LogP contribution in [-0.4, -0.2) is 26.2 Å². The van der Waals surface area contributed by atoms with Crippen LogP contribution in [0.15, 0.2) is 78.9 Å². The van der Waals surface area contributed by atoms with Crippen LogP contribution in [0.4, 0.5) is 5.69 Å². The number of hydrogen-bond donors (Lipinski definition) is 1. The Hall–Kier alpha value is -2.98. The van der Waals surface area contributed by atoms with Gasteiger partial charge in [-0.3, -0.25) is 0 Å². The summed E-state index contributed by atoms with van der Waals surface area (Å²) < 4.78 is 12.2. The maximum atomic E-state index is 6.18. The van der Waals surface area contributed by atoms with Crippen LogP contribution in [0, 0.1) is 0 Å². The van der Waals surface area contributed by atoms with E-state index in [0.29, 0.717) is 13.2 Å². The highest BCUT2D eigenvalue weighted by Gasteiger charge is 2.16. The molecular formula is C24H26N2O2. The van der Waals surface area contributed by atoms with E-state index in [1.54, 1.807) is 0 Å². The van der Waals surface area contributed by atoms with Crippen LogP contribution in [-0.2, 0) is 13.2 Å². The van der Waals surface area contributed by atoms with Crippen molar-refractivity contribution in [3.05, 3.63) is 90.0 Å². The second-order valence-corrected chi connectivity index (χ2v) is 6.92. The molecule has 0 radical (unpaired) electrons. The van der Waals surface area contributed by atoms with Crippen LogP contribution >= 0.6 is 0 Å². The molecule has 0 amide bonds. The molecule has 1 saturated heterocycles. The first-order valence-corrected chi connectivity index (χ1v) is 9.82. The Morgan fingerprint density at radius 1 is 0.714 bits per heavy atom. The van der Waals surface area contributed by atoms with Gasteiger partial charge in [0.05, 0.1) is 5.69 Å². The van der Waals surface area contributed by atoms with E-state index < -0.39 is 0 Å². The van der Waals surface area contributed by atoms with Gasteiger partial charge in [0.15, 0.2) is 0 Å². The van der Waals surface area contributed by atoms with Gasteiger partial charge in [0.1, 0.15) is 24.7 Å². The number of benzene rings is 3. The predicted octanol–water partition coefficient (Wildman–Crippen LogP) is 4.25. The van der Waals surface area contributed by atoms with Crippen molar-refractivity contribution in [1.82, 2.24) is 5.32 Å². The van der Waals surface area contributed by atoms with Crippen molar-refractivity contribution in [3.8, 4) is 11.5 Å². The minimum atomic E-state index is 0.560. The fourth-order valence-electron chi connectivity index (χ4n) is 3.34. The summed E-state index contributed by atoms with van der Waals surface area (Å²) in [5.41, 5.74) is 3.43. The Kier molecular flexibility index (Phi) is 6.10. The normalized spacial score (nSPS) is 13.9. The predicted molar refractivity (Wildman–Crippen MR) is 113 cm³/mol. The third-order valence-electron chi connectivity index (χ3n) is 4.87. The lowest BCUT2D eigenvalue weighted by atomic mass is 10.2. The molecule has 3 aromatic rings. The summed E-state index contributed by atoms with van der Waals surface area (Å²) in [6, 6.07) is 26.6. The summed E-state index contributed by atoms with van der Waals surface area (Å²) in [4.78, 5) is 2.37. The van der Waals surface area contributed by atoms with Crippen LogP contribution in [0.25, 0.3) is 0 Å². The summed E-state index contributed by atoms with van der Waals surface area (Å²) in [6.45, 7) is 5.00. The van der Waals surface area contributed by atoms with Crippen molar-refractivity contribution < 1.29 is 9.47 Å². The molecule has 0 aromatic heterocycles. The topological polar surface area (TPSA) is 33.7 Å². The average Bonchev–Trinajstić information content (AvgIpc) is 2.78. The average molecular weight is 374 g/mol. The maximum Gasteiger partial charge on any atom is 0.143 e. The highest BCUT2D eigenvalue weighted by atomic mass is 16.5. The quantitative estimate of drug-likeness (QED) is 0.670. The molecule has 1 fully saturated rings. The van der Waals surface area contributed by atoms with Gasteiger partial charge < -0.3 is 19.7 Å². The zero-order valence-corrected chi connectivity index (χ0v) is 16.0. The van der Waals surface area contributed by atoms with Gasteiger partial charge in [-0.25, -0.2) is 0 Å². The van der Waals surface area contributed by atoms with Gasteiger partial charge in [0.2, 0.25) is 0 Å². The second-order valence-electron chi connectivity index (χ2n) is 6.92. The van der Waals surface area contributed by atoms with Gasteiger partial charge in [-0.1, -0.05) is 60.7 Å². The van der Waals surface area contributed by atoms with Gasteiger partial charge in [0, 0.05) is 32.2 Å². The highest BCUT2D eigenvalue weighted by Crippen LogP contribution is 2.33. The zero-order valence-electron chi connectivity index (χ0n) is 16.0. The number of ether oxygens (including phenoxy) is 2. The number of nitrogens with zero attached hydrogens (tertiary/aromatic N) is 1. The van der Waals surface area contributed by atoms with Crippen molar-refractivity contribution in [2.75, 3.05) is 31.1 Å². The first-order chi connectivity index (χ1) is 13.9. The minimum absolute atomic E-state index is 0.560. The van der Waals surface area contributed by atoms with Crippen LogP contribution in [0.3, 0.4) is 0 Å². The molecule has 144 valence electrons. The zero-order chi connectivity index (χ0) is 19.0. The molecule has 0 spiro atoms. The molecule has 0 unspecified atom stereocenters. The standard InChI is InChI=1S/C24H26N2O2/c1-3-7-20(8-4-1)18-27-22-11-12-24(28-19-21-9-5-2-6-10-21)23(17-22)26-15-13-25-14-16-26/h1-12,17,25H,13-16,18-19H2. The van der Waals surface area contributed by atoms with Crippen molar-refractivity contribution >= 4 is 5.69 Å². The molecule has 4 nitrogen and oxygen atoms in total. The molecule has 3 aromatic carbocycles. The molecule has 4 rings (SSSR count). The molecule has 28 heavy (non-hydrogen) atoms. The number of hydrogen-bond acceptors (Lipinski definition) is 4. The number of piperazine rings is 1. The fourth-order valence-corrected chi connectivity index (χ4v) is 3.34. The number of anilines is 1. The van der Waals surface area contributed by atoms with Crippen molar-refractivity contribution in [1.29, 1.82) is 0 Å². The van der Waals surface area contributed by atoms with Crippen molar-refractivity contribution in [3.63, 3.8) is 0 Å². The maximum absolute atomic E-state index is 6.18. The van der Waals surface area contributed by atoms with E-state index in [9.17, 15) is 0 Å². The van der Waals surface area contributed by atoms with E-state index in [2.05, 4.69) is 40.5 Å². The molecule has 1 aliphatic heterocycles. The van der Waals surface area contributed by atoms with E-state index in [4.69, 9.17) is 9.47 Å². The van der Waals surface area contributed by atoms with E-state index >= 15 is 0 Å². The molecule has 0 aliphatic carbocycles. The monoisotopic (exact) mass is 374 g/mol. The van der Waals surface area contributed by atoms with E-state index in [0.717, 1.165) is 54.5 Å². The molecule has 0 saturated carbocycles. The number of rotatable bonds is 7. The fraction of sp³-hybridized carbons (Fsp3) is 0.250.